The molecular formula is C28H33N3O4S. The summed E-state index contributed by atoms with van der Waals surface area (Å²) < 4.78 is 29.9. The Morgan fingerprint density at radius 2 is 1.69 bits per heavy atom. The second kappa shape index (κ2) is 10.8. The van der Waals surface area contributed by atoms with Crippen molar-refractivity contribution in [3.8, 4) is 0 Å². The van der Waals surface area contributed by atoms with Crippen LogP contribution >= 0.6 is 0 Å². The lowest BCUT2D eigenvalue weighted by atomic mass is 9.94. The molecule has 0 bridgehead atoms. The lowest BCUT2D eigenvalue weighted by molar-refractivity contribution is -0.133. The minimum atomic E-state index is -3.84. The Labute approximate surface area is 212 Å². The van der Waals surface area contributed by atoms with E-state index in [4.69, 9.17) is 0 Å². The van der Waals surface area contributed by atoms with Gasteiger partial charge in [-0.25, -0.2) is 13.1 Å². The Balaban J connectivity index is 1.57. The molecule has 0 aliphatic carbocycles. The molecule has 0 saturated carbocycles. The Bertz CT molecular complexity index is 1390. The number of likely N-dealkylation sites (tertiary alicyclic amines) is 1. The number of nitrogens with zero attached hydrogens (tertiary/aromatic N) is 1. The van der Waals surface area contributed by atoms with E-state index in [0.717, 1.165) is 12.0 Å². The molecule has 1 heterocycles. The fourth-order valence-electron chi connectivity index (χ4n) is 4.81. The number of nitrogens with one attached hydrogen (secondary N) is 2. The number of fused-ring (bicyclic) bond motifs is 1. The van der Waals surface area contributed by atoms with Gasteiger partial charge in [0.05, 0.1) is 4.90 Å². The van der Waals surface area contributed by atoms with Gasteiger partial charge in [-0.05, 0) is 49.4 Å². The van der Waals surface area contributed by atoms with E-state index in [9.17, 15) is 18.0 Å². The highest BCUT2D eigenvalue weighted by atomic mass is 32.2. The molecule has 0 unspecified atom stereocenters. The monoisotopic (exact) mass is 507 g/mol. The standard InChI is InChI=1S/C28H33N3O4S/c1-4-9-27(32)31-17-16-24(20(3)18-31)30-36(34,35)26-15-14-25(22-12-7-8-13-23(22)26)29-28(33)21-11-6-5-10-19(21)2/h5-8,10-15,20,24,30H,4,9,16-18H2,1-3H3,(H,29,33)/t20-,24-/m0/s1. The van der Waals surface area contributed by atoms with Crippen LogP contribution in [0.4, 0.5) is 5.69 Å². The maximum Gasteiger partial charge on any atom is 0.255 e. The highest BCUT2D eigenvalue weighted by Crippen LogP contribution is 2.31. The number of carbonyl (C=O) groups is 2. The van der Waals surface area contributed by atoms with E-state index in [-0.39, 0.29) is 28.7 Å². The molecule has 36 heavy (non-hydrogen) atoms. The molecule has 3 aromatic carbocycles. The largest absolute Gasteiger partial charge is 0.342 e. The molecule has 2 atom stereocenters. The third kappa shape index (κ3) is 5.44. The number of piperidine rings is 1. The molecule has 3 aromatic rings. The Morgan fingerprint density at radius 3 is 2.39 bits per heavy atom. The van der Waals surface area contributed by atoms with Crippen molar-refractivity contribution in [3.05, 3.63) is 71.8 Å². The van der Waals surface area contributed by atoms with Gasteiger partial charge in [-0.15, -0.1) is 0 Å². The molecule has 2 amide bonds. The summed E-state index contributed by atoms with van der Waals surface area (Å²) in [5.74, 6) is -0.126. The van der Waals surface area contributed by atoms with Crippen LogP contribution < -0.4 is 10.0 Å². The number of hydrogen-bond donors (Lipinski definition) is 2. The molecule has 1 saturated heterocycles. The summed E-state index contributed by atoms with van der Waals surface area (Å²) in [5, 5.41) is 4.13. The number of carbonyl (C=O) groups excluding carboxylic acids is 2. The lowest BCUT2D eigenvalue weighted by Gasteiger charge is -2.37. The maximum atomic E-state index is 13.5. The van der Waals surface area contributed by atoms with Gasteiger partial charge in [0.25, 0.3) is 5.91 Å². The van der Waals surface area contributed by atoms with Crippen LogP contribution in [-0.2, 0) is 14.8 Å². The second-order valence-electron chi connectivity index (χ2n) is 9.51. The average Bonchev–Trinajstić information content (AvgIpc) is 2.85. The van der Waals surface area contributed by atoms with Crippen molar-refractivity contribution in [1.29, 1.82) is 0 Å². The maximum absolute atomic E-state index is 13.5. The highest BCUT2D eigenvalue weighted by Gasteiger charge is 2.32. The van der Waals surface area contributed by atoms with E-state index in [0.29, 0.717) is 48.0 Å². The summed E-state index contributed by atoms with van der Waals surface area (Å²) in [6.45, 7) is 6.91. The molecular weight excluding hydrogens is 474 g/mol. The highest BCUT2D eigenvalue weighted by molar-refractivity contribution is 7.89. The van der Waals surface area contributed by atoms with E-state index >= 15 is 0 Å². The van der Waals surface area contributed by atoms with Gasteiger partial charge in [0, 0.05) is 47.6 Å². The van der Waals surface area contributed by atoms with E-state index in [1.165, 1.54) is 0 Å². The summed E-state index contributed by atoms with van der Waals surface area (Å²) >= 11 is 0. The minimum absolute atomic E-state index is 0.00623. The number of aryl methyl sites for hydroxylation is 1. The van der Waals surface area contributed by atoms with Crippen LogP contribution in [0, 0.1) is 12.8 Å². The van der Waals surface area contributed by atoms with Crippen molar-refractivity contribution in [2.75, 3.05) is 18.4 Å². The van der Waals surface area contributed by atoms with Gasteiger partial charge in [0.15, 0.2) is 0 Å². The van der Waals surface area contributed by atoms with E-state index in [2.05, 4.69) is 10.0 Å². The van der Waals surface area contributed by atoms with Crippen LogP contribution in [0.15, 0.2) is 65.6 Å². The predicted octanol–water partition coefficient (Wildman–Crippen LogP) is 4.72. The van der Waals surface area contributed by atoms with Crippen LogP contribution in [0.25, 0.3) is 10.8 Å². The molecule has 7 nitrogen and oxygen atoms in total. The first-order valence-electron chi connectivity index (χ1n) is 12.4. The quantitative estimate of drug-likeness (QED) is 0.484. The lowest BCUT2D eigenvalue weighted by Crippen LogP contribution is -2.51. The summed E-state index contributed by atoms with van der Waals surface area (Å²) in [6.07, 6.45) is 1.88. The molecule has 1 aliphatic heterocycles. The van der Waals surface area contributed by atoms with Gasteiger partial charge in [-0.1, -0.05) is 56.3 Å². The minimum Gasteiger partial charge on any atom is -0.342 e. The third-order valence-corrected chi connectivity index (χ3v) is 8.39. The summed E-state index contributed by atoms with van der Waals surface area (Å²) in [6, 6.07) is 17.4. The number of anilines is 1. The number of sulfonamides is 1. The van der Waals surface area contributed by atoms with Gasteiger partial charge in [-0.2, -0.15) is 0 Å². The van der Waals surface area contributed by atoms with Crippen molar-refractivity contribution in [2.24, 2.45) is 5.92 Å². The smallest absolute Gasteiger partial charge is 0.255 e. The summed E-state index contributed by atoms with van der Waals surface area (Å²) in [7, 11) is -3.84. The third-order valence-electron chi connectivity index (χ3n) is 6.84. The van der Waals surface area contributed by atoms with Crippen molar-refractivity contribution in [2.45, 2.75) is 51.0 Å². The Kier molecular flexibility index (Phi) is 7.76. The zero-order valence-electron chi connectivity index (χ0n) is 21.0. The molecule has 0 radical (unpaired) electrons. The van der Waals surface area contributed by atoms with Crippen molar-refractivity contribution in [3.63, 3.8) is 0 Å². The molecule has 0 spiro atoms. The normalized spacial score (nSPS) is 18.2. The van der Waals surface area contributed by atoms with Gasteiger partial charge < -0.3 is 10.2 Å². The van der Waals surface area contributed by atoms with Crippen LogP contribution in [-0.4, -0.2) is 44.3 Å². The van der Waals surface area contributed by atoms with Crippen LogP contribution in [0.1, 0.15) is 49.0 Å². The van der Waals surface area contributed by atoms with Crippen molar-refractivity contribution in [1.82, 2.24) is 9.62 Å². The zero-order valence-corrected chi connectivity index (χ0v) is 21.8. The molecule has 2 N–H and O–H groups in total. The number of hydrogen-bond acceptors (Lipinski definition) is 4. The summed E-state index contributed by atoms with van der Waals surface area (Å²) in [4.78, 5) is 27.2. The Hall–Kier alpha value is -3.23. The van der Waals surface area contributed by atoms with Crippen LogP contribution in [0.3, 0.4) is 0 Å². The van der Waals surface area contributed by atoms with Gasteiger partial charge >= 0.3 is 0 Å². The van der Waals surface area contributed by atoms with E-state index < -0.39 is 10.0 Å². The van der Waals surface area contributed by atoms with Gasteiger partial charge in [0.2, 0.25) is 15.9 Å². The average molecular weight is 508 g/mol. The molecule has 190 valence electrons. The SMILES string of the molecule is CCCC(=O)N1CC[C@H](NS(=O)(=O)c2ccc(NC(=O)c3ccccc3C)c3ccccc23)[C@@H](C)C1. The van der Waals surface area contributed by atoms with Crippen LogP contribution in [0.2, 0.25) is 0 Å². The first kappa shape index (κ1) is 25.9. The molecule has 8 heteroatoms. The predicted molar refractivity (Wildman–Crippen MR) is 142 cm³/mol. The van der Waals surface area contributed by atoms with Crippen molar-refractivity contribution >= 4 is 38.3 Å². The zero-order chi connectivity index (χ0) is 25.9. The fourth-order valence-corrected chi connectivity index (χ4v) is 6.40. The van der Waals surface area contributed by atoms with Crippen molar-refractivity contribution < 1.29 is 18.0 Å². The number of amides is 2. The summed E-state index contributed by atoms with van der Waals surface area (Å²) in [5.41, 5.74) is 1.98. The first-order chi connectivity index (χ1) is 17.2. The Morgan fingerprint density at radius 1 is 1.00 bits per heavy atom. The molecule has 4 rings (SSSR count). The van der Waals surface area contributed by atoms with E-state index in [1.807, 2.05) is 56.0 Å². The molecule has 1 fully saturated rings. The van der Waals surface area contributed by atoms with Gasteiger partial charge in [0.1, 0.15) is 0 Å². The fraction of sp³-hybridized carbons (Fsp3) is 0.357. The number of rotatable bonds is 7. The van der Waals surface area contributed by atoms with Gasteiger partial charge in [-0.3, -0.25) is 9.59 Å². The van der Waals surface area contributed by atoms with Crippen LogP contribution in [0.5, 0.6) is 0 Å². The van der Waals surface area contributed by atoms with E-state index in [1.54, 1.807) is 30.3 Å². The second-order valence-corrected chi connectivity index (χ2v) is 11.2. The first-order valence-corrected chi connectivity index (χ1v) is 13.9. The molecule has 0 aromatic heterocycles. The topological polar surface area (TPSA) is 95.6 Å². The molecule has 1 aliphatic rings. The number of benzene rings is 3.